The number of hydrogen-bond acceptors (Lipinski definition) is 8. The summed E-state index contributed by atoms with van der Waals surface area (Å²) in [5.74, 6) is -0.451. The molecule has 1 saturated carbocycles. The monoisotopic (exact) mass is 682 g/mol. The Bertz CT molecular complexity index is 1530. The lowest BCUT2D eigenvalue weighted by atomic mass is 9.85. The Morgan fingerprint density at radius 3 is 2.35 bits per heavy atom. The van der Waals surface area contributed by atoms with Gasteiger partial charge in [0.05, 0.1) is 19.7 Å². The lowest BCUT2D eigenvalue weighted by Crippen LogP contribution is -2.61. The van der Waals surface area contributed by atoms with E-state index in [0.717, 1.165) is 29.3 Å². The second kappa shape index (κ2) is 15.2. The van der Waals surface area contributed by atoms with Crippen molar-refractivity contribution in [3.63, 3.8) is 0 Å². The second-order valence-electron chi connectivity index (χ2n) is 15.4. The summed E-state index contributed by atoms with van der Waals surface area (Å²) in [5.41, 5.74) is -0.542. The fraction of sp³-hybridized carbons (Fsp3) is 0.639. The summed E-state index contributed by atoms with van der Waals surface area (Å²) in [6, 6.07) is 4.16. The molecule has 5 amide bonds. The van der Waals surface area contributed by atoms with Gasteiger partial charge < -0.3 is 40.7 Å². The van der Waals surface area contributed by atoms with Crippen LogP contribution in [0.3, 0.4) is 0 Å². The predicted molar refractivity (Wildman–Crippen MR) is 186 cm³/mol. The highest BCUT2D eigenvalue weighted by atomic mass is 16.5. The van der Waals surface area contributed by atoms with Crippen LogP contribution in [0.15, 0.2) is 24.3 Å². The van der Waals surface area contributed by atoms with Gasteiger partial charge >= 0.3 is 6.03 Å². The number of benzene rings is 1. The minimum Gasteiger partial charge on any atom is -0.497 e. The number of carbonyl (C=O) groups is 4. The Morgan fingerprint density at radius 2 is 1.76 bits per heavy atom. The Labute approximate surface area is 289 Å². The zero-order chi connectivity index (χ0) is 36.3. The van der Waals surface area contributed by atoms with Gasteiger partial charge in [0, 0.05) is 29.1 Å². The van der Waals surface area contributed by atoms with Crippen molar-refractivity contribution in [2.45, 2.75) is 129 Å². The number of aromatic nitrogens is 1. The molecule has 0 spiro atoms. The van der Waals surface area contributed by atoms with E-state index in [4.69, 9.17) is 9.47 Å². The number of nitrogens with zero attached hydrogens (tertiary/aromatic N) is 2. The summed E-state index contributed by atoms with van der Waals surface area (Å²) in [6.45, 7) is 14.9. The van der Waals surface area contributed by atoms with Gasteiger partial charge in [0.1, 0.15) is 23.9 Å². The maximum atomic E-state index is 14.4. The number of urea groups is 1. The van der Waals surface area contributed by atoms with E-state index in [1.807, 2.05) is 79.7 Å². The van der Waals surface area contributed by atoms with Crippen molar-refractivity contribution in [1.29, 1.82) is 0 Å². The van der Waals surface area contributed by atoms with Crippen LogP contribution in [0.25, 0.3) is 10.8 Å². The van der Waals surface area contributed by atoms with Crippen LogP contribution in [-0.2, 0) is 14.4 Å². The van der Waals surface area contributed by atoms with Crippen LogP contribution < -0.4 is 30.7 Å². The zero-order valence-electron chi connectivity index (χ0n) is 30.3. The van der Waals surface area contributed by atoms with Crippen LogP contribution in [0, 0.1) is 12.3 Å². The number of aliphatic hydroxyl groups excluding tert-OH is 1. The molecule has 1 aliphatic carbocycles. The fourth-order valence-corrected chi connectivity index (χ4v) is 6.00. The standard InChI is InChI=1S/C36H54N6O7/c1-10-11-26(28(43)31(45)38-22-12-13-22)39-30(44)27-18-24(49-32-25-15-14-23(48-9)17-21(25)16-20(2)37-32)19-42(27)33(46)29(35(3,4)5)40-34(47)41-36(6,7)8/h14-17,22,24,26-29,43H,10-13,18-19H2,1-9H3,(H,38,45)(H,39,44)(H2,40,41,47)/t24-,26+,27+,28?,29-/m1/s1. The van der Waals surface area contributed by atoms with Gasteiger partial charge in [0.25, 0.3) is 5.91 Å². The summed E-state index contributed by atoms with van der Waals surface area (Å²) in [7, 11) is 1.60. The van der Waals surface area contributed by atoms with Crippen LogP contribution in [0.4, 0.5) is 4.79 Å². The molecule has 0 bridgehead atoms. The molecule has 5 N–H and O–H groups in total. The molecule has 2 aliphatic rings. The Balaban J connectivity index is 1.65. The molecule has 13 heteroatoms. The zero-order valence-corrected chi connectivity index (χ0v) is 30.3. The summed E-state index contributed by atoms with van der Waals surface area (Å²) < 4.78 is 11.9. The minimum atomic E-state index is -1.45. The van der Waals surface area contributed by atoms with Gasteiger partial charge in [-0.2, -0.15) is 0 Å². The third-order valence-corrected chi connectivity index (χ3v) is 8.64. The lowest BCUT2D eigenvalue weighted by Gasteiger charge is -2.36. The lowest BCUT2D eigenvalue weighted by molar-refractivity contribution is -0.143. The third-order valence-electron chi connectivity index (χ3n) is 8.64. The van der Waals surface area contributed by atoms with E-state index in [1.165, 1.54) is 4.90 Å². The number of hydrogen-bond donors (Lipinski definition) is 5. The van der Waals surface area contributed by atoms with Crippen molar-refractivity contribution in [3.05, 3.63) is 30.0 Å². The van der Waals surface area contributed by atoms with Crippen LogP contribution in [-0.4, -0.2) is 94.3 Å². The first-order chi connectivity index (χ1) is 22.9. The SMILES string of the molecule is CCC[C@H](NC(=O)[C@@H]1C[C@@H](Oc2nc(C)cc3cc(OC)ccc23)CN1C(=O)[C@@H](NC(=O)NC(C)(C)C)C(C)(C)C)C(O)C(=O)NC1CC1. The highest BCUT2D eigenvalue weighted by Crippen LogP contribution is 2.32. The van der Waals surface area contributed by atoms with Gasteiger partial charge in [0.15, 0.2) is 6.10 Å². The molecule has 5 atom stereocenters. The number of pyridine rings is 1. The number of amides is 5. The van der Waals surface area contributed by atoms with E-state index < -0.39 is 65.0 Å². The average Bonchev–Trinajstić information content (AvgIpc) is 3.72. The quantitative estimate of drug-likeness (QED) is 0.227. The molecule has 4 rings (SSSR count). The van der Waals surface area contributed by atoms with Crippen LogP contribution in [0.2, 0.25) is 0 Å². The van der Waals surface area contributed by atoms with E-state index in [1.54, 1.807) is 7.11 Å². The number of nitrogens with one attached hydrogen (secondary N) is 4. The molecule has 2 fully saturated rings. The van der Waals surface area contributed by atoms with Gasteiger partial charge in [-0.1, -0.05) is 34.1 Å². The van der Waals surface area contributed by atoms with Gasteiger partial charge in [-0.05, 0) is 82.0 Å². The van der Waals surface area contributed by atoms with Crippen LogP contribution in [0.1, 0.15) is 86.3 Å². The first kappa shape index (κ1) is 37.7. The number of methoxy groups -OCH3 is 1. The third kappa shape index (κ3) is 9.96. The summed E-state index contributed by atoms with van der Waals surface area (Å²) in [5, 5.41) is 23.9. The maximum Gasteiger partial charge on any atom is 0.315 e. The Morgan fingerprint density at radius 1 is 1.06 bits per heavy atom. The number of carbonyl (C=O) groups excluding carboxylic acids is 4. The molecule has 13 nitrogen and oxygen atoms in total. The average molecular weight is 683 g/mol. The van der Waals surface area contributed by atoms with Crippen molar-refractivity contribution < 1.29 is 33.8 Å². The van der Waals surface area contributed by atoms with Crippen molar-refractivity contribution in [2.24, 2.45) is 5.41 Å². The summed E-state index contributed by atoms with van der Waals surface area (Å²) >= 11 is 0. The van der Waals surface area contributed by atoms with Gasteiger partial charge in [-0.25, -0.2) is 9.78 Å². The van der Waals surface area contributed by atoms with E-state index in [-0.39, 0.29) is 19.0 Å². The highest BCUT2D eigenvalue weighted by Gasteiger charge is 2.47. The number of fused-ring (bicyclic) bond motifs is 1. The maximum absolute atomic E-state index is 14.4. The Hall–Kier alpha value is -4.13. The smallest absolute Gasteiger partial charge is 0.315 e. The van der Waals surface area contributed by atoms with E-state index in [9.17, 15) is 24.3 Å². The van der Waals surface area contributed by atoms with Gasteiger partial charge in [0.2, 0.25) is 17.7 Å². The number of aryl methyl sites for hydroxylation is 1. The Kier molecular flexibility index (Phi) is 11.7. The van der Waals surface area contributed by atoms with E-state index in [0.29, 0.717) is 24.5 Å². The van der Waals surface area contributed by atoms with Crippen molar-refractivity contribution in [3.8, 4) is 11.6 Å². The molecule has 1 saturated heterocycles. The number of ether oxygens (including phenoxy) is 2. The fourth-order valence-electron chi connectivity index (χ4n) is 6.00. The van der Waals surface area contributed by atoms with E-state index in [2.05, 4.69) is 26.3 Å². The molecule has 2 heterocycles. The summed E-state index contributed by atoms with van der Waals surface area (Å²) in [4.78, 5) is 60.4. The predicted octanol–water partition coefficient (Wildman–Crippen LogP) is 3.34. The molecule has 1 aliphatic heterocycles. The molecule has 270 valence electrons. The van der Waals surface area contributed by atoms with Crippen molar-refractivity contribution in [1.82, 2.24) is 31.2 Å². The van der Waals surface area contributed by atoms with Crippen LogP contribution in [0.5, 0.6) is 11.6 Å². The second-order valence-corrected chi connectivity index (χ2v) is 15.4. The number of rotatable bonds is 12. The molecular formula is C36H54N6O7. The topological polar surface area (TPSA) is 171 Å². The largest absolute Gasteiger partial charge is 0.497 e. The van der Waals surface area contributed by atoms with Gasteiger partial charge in [-0.3, -0.25) is 14.4 Å². The normalized spacial score (nSPS) is 19.8. The summed E-state index contributed by atoms with van der Waals surface area (Å²) in [6.07, 6.45) is 0.723. The molecular weight excluding hydrogens is 628 g/mol. The van der Waals surface area contributed by atoms with Crippen molar-refractivity contribution >= 4 is 34.5 Å². The molecule has 49 heavy (non-hydrogen) atoms. The van der Waals surface area contributed by atoms with Gasteiger partial charge in [-0.15, -0.1) is 0 Å². The molecule has 0 radical (unpaired) electrons. The van der Waals surface area contributed by atoms with Crippen molar-refractivity contribution in [2.75, 3.05) is 13.7 Å². The van der Waals surface area contributed by atoms with Crippen LogP contribution >= 0.6 is 0 Å². The highest BCUT2D eigenvalue weighted by molar-refractivity contribution is 5.94. The first-order valence-corrected chi connectivity index (χ1v) is 17.2. The number of aliphatic hydroxyl groups is 1. The molecule has 1 aromatic heterocycles. The molecule has 1 aromatic carbocycles. The first-order valence-electron chi connectivity index (χ1n) is 17.2. The molecule has 2 aromatic rings. The molecule has 1 unspecified atom stereocenters. The number of likely N-dealkylation sites (tertiary alicyclic amines) is 1. The van der Waals surface area contributed by atoms with E-state index >= 15 is 0 Å². The minimum absolute atomic E-state index is 0.0442.